The van der Waals surface area contributed by atoms with E-state index in [0.717, 1.165) is 11.1 Å². The van der Waals surface area contributed by atoms with Crippen LogP contribution in [0.15, 0.2) is 42.5 Å². The van der Waals surface area contributed by atoms with Crippen molar-refractivity contribution in [2.24, 2.45) is 0 Å². The highest BCUT2D eigenvalue weighted by atomic mass is 32.1. The number of hydrogen-bond acceptors (Lipinski definition) is 6. The molecule has 8 nitrogen and oxygen atoms in total. The lowest BCUT2D eigenvalue weighted by atomic mass is 10.1. The monoisotopic (exact) mass is 417 g/mol. The van der Waals surface area contributed by atoms with Crippen molar-refractivity contribution in [2.45, 2.75) is 13.8 Å². The Hall–Kier alpha value is -3.33. The molecule has 0 fully saturated rings. The lowest BCUT2D eigenvalue weighted by molar-refractivity contribution is -0.124. The van der Waals surface area contributed by atoms with Gasteiger partial charge in [0.1, 0.15) is 17.2 Å². The molecule has 0 heterocycles. The largest absolute Gasteiger partial charge is 0.497 e. The van der Waals surface area contributed by atoms with E-state index in [4.69, 9.17) is 26.4 Å². The minimum Gasteiger partial charge on any atom is -0.497 e. The Labute approximate surface area is 174 Å². The molecule has 2 rings (SSSR count). The normalized spacial score (nSPS) is 9.90. The van der Waals surface area contributed by atoms with Crippen LogP contribution < -0.4 is 30.4 Å². The van der Waals surface area contributed by atoms with Crippen LogP contribution in [-0.2, 0) is 9.59 Å². The molecule has 2 aromatic carbocycles. The van der Waals surface area contributed by atoms with Crippen LogP contribution in [0.4, 0.5) is 0 Å². The van der Waals surface area contributed by atoms with Gasteiger partial charge >= 0.3 is 0 Å². The third-order valence-corrected chi connectivity index (χ3v) is 3.90. The molecule has 0 radical (unpaired) electrons. The maximum absolute atomic E-state index is 11.9. The van der Waals surface area contributed by atoms with Crippen molar-refractivity contribution in [1.82, 2.24) is 16.2 Å². The van der Waals surface area contributed by atoms with Crippen LogP contribution >= 0.6 is 12.2 Å². The predicted molar refractivity (Wildman–Crippen MR) is 112 cm³/mol. The van der Waals surface area contributed by atoms with Gasteiger partial charge in [0.2, 0.25) is 0 Å². The van der Waals surface area contributed by atoms with Crippen molar-refractivity contribution < 1.29 is 23.8 Å². The molecule has 0 atom stereocenters. The first-order valence-electron chi connectivity index (χ1n) is 8.73. The minimum atomic E-state index is -0.468. The van der Waals surface area contributed by atoms with Gasteiger partial charge in [0.25, 0.3) is 11.8 Å². The van der Waals surface area contributed by atoms with Gasteiger partial charge in [0.05, 0.1) is 7.11 Å². The number of methoxy groups -OCH3 is 1. The third-order valence-electron chi connectivity index (χ3n) is 3.70. The maximum Gasteiger partial charge on any atom is 0.276 e. The summed E-state index contributed by atoms with van der Waals surface area (Å²) in [5, 5.41) is 2.36. The fourth-order valence-corrected chi connectivity index (χ4v) is 2.35. The summed E-state index contributed by atoms with van der Waals surface area (Å²) in [4.78, 5) is 23.7. The van der Waals surface area contributed by atoms with E-state index in [1.54, 1.807) is 31.4 Å². The van der Waals surface area contributed by atoms with Gasteiger partial charge in [-0.1, -0.05) is 12.1 Å². The summed E-state index contributed by atoms with van der Waals surface area (Å²) in [6, 6.07) is 12.5. The molecule has 0 aliphatic carbocycles. The molecule has 3 N–H and O–H groups in total. The number of aryl methyl sites for hydroxylation is 2. The van der Waals surface area contributed by atoms with Crippen LogP contribution in [0.2, 0.25) is 0 Å². The second kappa shape index (κ2) is 10.9. The molecule has 0 saturated carbocycles. The van der Waals surface area contributed by atoms with Crippen molar-refractivity contribution in [3.8, 4) is 17.2 Å². The van der Waals surface area contributed by atoms with Crippen molar-refractivity contribution in [1.29, 1.82) is 0 Å². The molecule has 29 heavy (non-hydrogen) atoms. The quantitative estimate of drug-likeness (QED) is 0.467. The molecule has 0 aliphatic rings. The lowest BCUT2D eigenvalue weighted by Crippen LogP contribution is -2.50. The van der Waals surface area contributed by atoms with Crippen molar-refractivity contribution >= 4 is 29.1 Å². The summed E-state index contributed by atoms with van der Waals surface area (Å²) >= 11 is 4.96. The first kappa shape index (κ1) is 22.0. The fraction of sp³-hybridized carbons (Fsp3) is 0.250. The Morgan fingerprint density at radius 3 is 2.24 bits per heavy atom. The molecule has 0 spiro atoms. The van der Waals surface area contributed by atoms with E-state index in [2.05, 4.69) is 16.2 Å². The van der Waals surface area contributed by atoms with Crippen LogP contribution in [0.3, 0.4) is 0 Å². The summed E-state index contributed by atoms with van der Waals surface area (Å²) in [5.41, 5.74) is 6.72. The zero-order valence-electron chi connectivity index (χ0n) is 16.4. The number of amides is 2. The van der Waals surface area contributed by atoms with Gasteiger partial charge in [-0.15, -0.1) is 0 Å². The molecule has 154 valence electrons. The van der Waals surface area contributed by atoms with Crippen molar-refractivity contribution in [3.05, 3.63) is 53.6 Å². The van der Waals surface area contributed by atoms with Gasteiger partial charge in [-0.3, -0.25) is 25.8 Å². The molecular formula is C20H23N3O5S. The van der Waals surface area contributed by atoms with Crippen LogP contribution in [0.1, 0.15) is 11.1 Å². The lowest BCUT2D eigenvalue weighted by Gasteiger charge is -2.13. The molecule has 0 unspecified atom stereocenters. The van der Waals surface area contributed by atoms with Crippen molar-refractivity contribution in [2.75, 3.05) is 20.3 Å². The number of carbonyl (C=O) groups is 2. The zero-order valence-corrected chi connectivity index (χ0v) is 17.2. The van der Waals surface area contributed by atoms with E-state index in [9.17, 15) is 9.59 Å². The number of hydrogen-bond donors (Lipinski definition) is 3. The maximum atomic E-state index is 11.9. The highest BCUT2D eigenvalue weighted by Crippen LogP contribution is 2.19. The predicted octanol–water partition coefficient (Wildman–Crippen LogP) is 1.79. The SMILES string of the molecule is COc1ccc(OCC(=O)NNC(=S)NC(=O)COc2cc(C)ccc2C)cc1. The fourth-order valence-electron chi connectivity index (χ4n) is 2.18. The smallest absolute Gasteiger partial charge is 0.276 e. The summed E-state index contributed by atoms with van der Waals surface area (Å²) in [6.45, 7) is 3.39. The number of rotatable bonds is 7. The second-order valence-electron chi connectivity index (χ2n) is 6.07. The van der Waals surface area contributed by atoms with Gasteiger partial charge < -0.3 is 14.2 Å². The van der Waals surface area contributed by atoms with E-state index < -0.39 is 11.8 Å². The molecule has 0 saturated heterocycles. The van der Waals surface area contributed by atoms with E-state index in [1.807, 2.05) is 32.0 Å². The average molecular weight is 417 g/mol. The van der Waals surface area contributed by atoms with Crippen LogP contribution in [0.25, 0.3) is 0 Å². The minimum absolute atomic E-state index is 0.0580. The number of nitrogens with one attached hydrogen (secondary N) is 3. The van der Waals surface area contributed by atoms with Gasteiger partial charge in [-0.25, -0.2) is 0 Å². The summed E-state index contributed by atoms with van der Waals surface area (Å²) in [5.74, 6) is 0.908. The van der Waals surface area contributed by atoms with Crippen molar-refractivity contribution in [3.63, 3.8) is 0 Å². The molecule has 0 aromatic heterocycles. The standard InChI is InChI=1S/C20H23N3O5S/c1-13-4-5-14(2)17(10-13)28-11-18(24)21-20(29)23-22-19(25)12-27-16-8-6-15(26-3)7-9-16/h4-10H,11-12H2,1-3H3,(H,22,25)(H2,21,23,24,29). The van der Waals surface area contributed by atoms with Crippen LogP contribution in [0.5, 0.6) is 17.2 Å². The number of ether oxygens (including phenoxy) is 3. The molecule has 0 bridgehead atoms. The van der Waals surface area contributed by atoms with E-state index in [-0.39, 0.29) is 18.3 Å². The Bertz CT molecular complexity index is 871. The van der Waals surface area contributed by atoms with Crippen LogP contribution in [0, 0.1) is 13.8 Å². The average Bonchev–Trinajstić information content (AvgIpc) is 2.71. The highest BCUT2D eigenvalue weighted by molar-refractivity contribution is 7.80. The van der Waals surface area contributed by atoms with E-state index in [0.29, 0.717) is 17.2 Å². The molecular weight excluding hydrogens is 394 g/mol. The van der Waals surface area contributed by atoms with Gasteiger partial charge in [0.15, 0.2) is 18.3 Å². The molecule has 9 heteroatoms. The summed E-state index contributed by atoms with van der Waals surface area (Å²) < 4.78 is 15.9. The third kappa shape index (κ3) is 7.67. The summed E-state index contributed by atoms with van der Waals surface area (Å²) in [7, 11) is 1.56. The van der Waals surface area contributed by atoms with Gasteiger partial charge in [0, 0.05) is 0 Å². The topological polar surface area (TPSA) is 97.9 Å². The highest BCUT2D eigenvalue weighted by Gasteiger charge is 2.09. The second-order valence-corrected chi connectivity index (χ2v) is 6.48. The van der Waals surface area contributed by atoms with E-state index in [1.165, 1.54) is 0 Å². The Morgan fingerprint density at radius 2 is 1.55 bits per heavy atom. The Kier molecular flexibility index (Phi) is 8.23. The number of carbonyl (C=O) groups excluding carboxylic acids is 2. The molecule has 0 aliphatic heterocycles. The number of hydrazine groups is 1. The van der Waals surface area contributed by atoms with E-state index >= 15 is 0 Å². The molecule has 2 aromatic rings. The van der Waals surface area contributed by atoms with Gasteiger partial charge in [-0.2, -0.15) is 0 Å². The zero-order chi connectivity index (χ0) is 21.2. The number of benzene rings is 2. The number of thiocarbonyl (C=S) groups is 1. The first-order chi connectivity index (χ1) is 13.9. The Morgan fingerprint density at radius 1 is 0.897 bits per heavy atom. The van der Waals surface area contributed by atoms with Crippen LogP contribution in [-0.4, -0.2) is 37.3 Å². The molecule has 2 amide bonds. The Balaban J connectivity index is 1.66. The summed E-state index contributed by atoms with van der Waals surface area (Å²) in [6.07, 6.45) is 0. The first-order valence-corrected chi connectivity index (χ1v) is 9.14. The van der Waals surface area contributed by atoms with Gasteiger partial charge in [-0.05, 0) is 67.5 Å².